The molecule has 0 aromatic heterocycles. The highest BCUT2D eigenvalue weighted by molar-refractivity contribution is 7.47. The van der Waals surface area contributed by atoms with Gasteiger partial charge in [-0.1, -0.05) is 362 Å². The molecule has 19 heteroatoms. The standard InChI is InChI=1S/C78H152O17P2/c1-6-9-12-15-18-21-24-27-28-29-30-31-32-33-34-37-44-49-54-59-64-78(83)95-74(68-89-76(81)62-57-52-47-42-39-38-40-45-50-55-60-71(4)5)70-93-97(86,87)91-66-72(79)65-90-96(84,85)92-69-73(94-77(82)63-58-53-48-43-36-26-23-20-17-14-11-8-3)67-88-75(80)61-56-51-46-41-35-25-22-19-16-13-10-7-2/h71-74,79H,6-70H2,1-5H3,(H,84,85)(H,86,87)/t72-,73+,74+/m0/s1. The van der Waals surface area contributed by atoms with E-state index in [2.05, 4.69) is 34.6 Å². The second kappa shape index (κ2) is 71.1. The molecule has 97 heavy (non-hydrogen) atoms. The third kappa shape index (κ3) is 72.2. The first-order chi connectivity index (χ1) is 47.0. The van der Waals surface area contributed by atoms with Crippen LogP contribution < -0.4 is 0 Å². The molecule has 0 rings (SSSR count). The van der Waals surface area contributed by atoms with Gasteiger partial charge in [-0.25, -0.2) is 9.13 Å². The van der Waals surface area contributed by atoms with Crippen LogP contribution in [0.5, 0.6) is 0 Å². The Morgan fingerprint density at radius 3 is 0.701 bits per heavy atom. The molecular weight excluding hydrogens is 1270 g/mol. The Balaban J connectivity index is 5.22. The van der Waals surface area contributed by atoms with Crippen LogP contribution in [0, 0.1) is 5.92 Å². The number of ether oxygens (including phenoxy) is 4. The molecule has 0 amide bonds. The Morgan fingerprint density at radius 1 is 0.278 bits per heavy atom. The number of carbonyl (C=O) groups is 4. The molecule has 0 saturated carbocycles. The van der Waals surface area contributed by atoms with Gasteiger partial charge in [0, 0.05) is 25.7 Å². The van der Waals surface area contributed by atoms with Crippen molar-refractivity contribution in [2.45, 2.75) is 432 Å². The molecule has 5 atom stereocenters. The number of aliphatic hydroxyl groups is 1. The number of carbonyl (C=O) groups excluding carboxylic acids is 4. The summed E-state index contributed by atoms with van der Waals surface area (Å²) in [6, 6.07) is 0. The van der Waals surface area contributed by atoms with Crippen molar-refractivity contribution >= 4 is 39.5 Å². The maximum atomic E-state index is 13.1. The molecule has 0 radical (unpaired) electrons. The molecule has 0 aromatic rings. The molecule has 0 fully saturated rings. The third-order valence-electron chi connectivity index (χ3n) is 18.3. The van der Waals surface area contributed by atoms with Crippen molar-refractivity contribution < 1.29 is 80.2 Å². The van der Waals surface area contributed by atoms with Crippen molar-refractivity contribution in [3.8, 4) is 0 Å². The molecule has 2 unspecified atom stereocenters. The average Bonchev–Trinajstić information content (AvgIpc) is 1.82. The number of hydrogen-bond donors (Lipinski definition) is 3. The summed E-state index contributed by atoms with van der Waals surface area (Å²) in [5, 5.41) is 10.6. The van der Waals surface area contributed by atoms with Gasteiger partial charge in [0.2, 0.25) is 0 Å². The first-order valence-electron chi connectivity index (χ1n) is 40.6. The molecule has 3 N–H and O–H groups in total. The molecule has 576 valence electrons. The van der Waals surface area contributed by atoms with Gasteiger partial charge in [-0.3, -0.25) is 37.3 Å². The number of rotatable bonds is 78. The monoisotopic (exact) mass is 1420 g/mol. The van der Waals surface area contributed by atoms with Gasteiger partial charge in [0.05, 0.1) is 26.4 Å². The van der Waals surface area contributed by atoms with E-state index < -0.39 is 97.5 Å². The quantitative estimate of drug-likeness (QED) is 0.0222. The predicted octanol–water partition coefficient (Wildman–Crippen LogP) is 23.3. The minimum absolute atomic E-state index is 0.108. The zero-order valence-corrected chi connectivity index (χ0v) is 65.0. The zero-order chi connectivity index (χ0) is 71.2. The Hall–Kier alpha value is -1.94. The summed E-state index contributed by atoms with van der Waals surface area (Å²) in [5.74, 6) is -1.35. The van der Waals surface area contributed by atoms with Crippen LogP contribution in [-0.2, 0) is 65.4 Å². The highest BCUT2D eigenvalue weighted by Gasteiger charge is 2.30. The van der Waals surface area contributed by atoms with E-state index in [1.807, 2.05) is 0 Å². The van der Waals surface area contributed by atoms with Gasteiger partial charge in [0.15, 0.2) is 12.2 Å². The molecule has 0 bridgehead atoms. The molecule has 0 aliphatic heterocycles. The van der Waals surface area contributed by atoms with Crippen LogP contribution in [0.4, 0.5) is 0 Å². The normalized spacial score (nSPS) is 13.9. The number of esters is 4. The molecular formula is C78H152O17P2. The molecule has 0 aromatic carbocycles. The van der Waals surface area contributed by atoms with Crippen LogP contribution in [0.1, 0.15) is 413 Å². The Bertz CT molecular complexity index is 1860. The van der Waals surface area contributed by atoms with Crippen LogP contribution in [-0.4, -0.2) is 96.7 Å². The summed E-state index contributed by atoms with van der Waals surface area (Å²) in [4.78, 5) is 72.9. The first kappa shape index (κ1) is 95.1. The van der Waals surface area contributed by atoms with E-state index in [9.17, 15) is 43.2 Å². The van der Waals surface area contributed by atoms with Gasteiger partial charge in [0.25, 0.3) is 0 Å². The van der Waals surface area contributed by atoms with Crippen molar-refractivity contribution in [1.82, 2.24) is 0 Å². The topological polar surface area (TPSA) is 237 Å². The van der Waals surface area contributed by atoms with Crippen molar-refractivity contribution in [2.24, 2.45) is 5.92 Å². The zero-order valence-electron chi connectivity index (χ0n) is 63.2. The Kier molecular flexibility index (Phi) is 69.6. The maximum absolute atomic E-state index is 13.1. The van der Waals surface area contributed by atoms with Gasteiger partial charge in [0.1, 0.15) is 19.3 Å². The van der Waals surface area contributed by atoms with Gasteiger partial charge in [-0.15, -0.1) is 0 Å². The van der Waals surface area contributed by atoms with Gasteiger partial charge in [-0.05, 0) is 31.6 Å². The van der Waals surface area contributed by atoms with E-state index in [1.165, 1.54) is 238 Å². The molecule has 0 heterocycles. The average molecular weight is 1420 g/mol. The highest BCUT2D eigenvalue weighted by Crippen LogP contribution is 2.45. The molecule has 17 nitrogen and oxygen atoms in total. The Labute approximate surface area is 594 Å². The number of unbranched alkanes of at least 4 members (excludes halogenated alkanes) is 50. The lowest BCUT2D eigenvalue weighted by molar-refractivity contribution is -0.161. The molecule has 0 aliphatic rings. The summed E-state index contributed by atoms with van der Waals surface area (Å²) in [5.41, 5.74) is 0. The lowest BCUT2D eigenvalue weighted by Crippen LogP contribution is -2.30. The lowest BCUT2D eigenvalue weighted by atomic mass is 10.0. The smallest absolute Gasteiger partial charge is 0.462 e. The van der Waals surface area contributed by atoms with E-state index in [4.69, 9.17) is 37.0 Å². The van der Waals surface area contributed by atoms with E-state index in [1.54, 1.807) is 0 Å². The van der Waals surface area contributed by atoms with E-state index >= 15 is 0 Å². The predicted molar refractivity (Wildman–Crippen MR) is 395 cm³/mol. The summed E-state index contributed by atoms with van der Waals surface area (Å²) in [6.07, 6.45) is 61.0. The first-order valence-corrected chi connectivity index (χ1v) is 43.6. The van der Waals surface area contributed by atoms with Crippen molar-refractivity contribution in [2.75, 3.05) is 39.6 Å². The summed E-state index contributed by atoms with van der Waals surface area (Å²) in [7, 11) is -9.91. The summed E-state index contributed by atoms with van der Waals surface area (Å²) in [6.45, 7) is 7.30. The number of hydrogen-bond acceptors (Lipinski definition) is 15. The minimum Gasteiger partial charge on any atom is -0.462 e. The fraction of sp³-hybridized carbons (Fsp3) is 0.949. The van der Waals surface area contributed by atoms with Crippen LogP contribution in [0.15, 0.2) is 0 Å². The van der Waals surface area contributed by atoms with E-state index in [0.717, 1.165) is 95.8 Å². The van der Waals surface area contributed by atoms with E-state index in [0.29, 0.717) is 25.7 Å². The summed E-state index contributed by atoms with van der Waals surface area (Å²) >= 11 is 0. The van der Waals surface area contributed by atoms with Crippen molar-refractivity contribution in [3.05, 3.63) is 0 Å². The van der Waals surface area contributed by atoms with Gasteiger partial charge < -0.3 is 33.8 Å². The van der Waals surface area contributed by atoms with Crippen LogP contribution in [0.3, 0.4) is 0 Å². The fourth-order valence-corrected chi connectivity index (χ4v) is 13.6. The molecule has 0 saturated heterocycles. The van der Waals surface area contributed by atoms with Crippen molar-refractivity contribution in [3.63, 3.8) is 0 Å². The van der Waals surface area contributed by atoms with Crippen LogP contribution in [0.2, 0.25) is 0 Å². The molecule has 0 spiro atoms. The highest BCUT2D eigenvalue weighted by atomic mass is 31.2. The van der Waals surface area contributed by atoms with Gasteiger partial charge in [-0.2, -0.15) is 0 Å². The second-order valence-electron chi connectivity index (χ2n) is 28.6. The number of phosphoric ester groups is 2. The van der Waals surface area contributed by atoms with Crippen LogP contribution >= 0.6 is 15.6 Å². The minimum atomic E-state index is -4.96. The number of phosphoric acid groups is 2. The fourth-order valence-electron chi connectivity index (χ4n) is 12.1. The lowest BCUT2D eigenvalue weighted by Gasteiger charge is -2.21. The second-order valence-corrected chi connectivity index (χ2v) is 31.5. The third-order valence-corrected chi connectivity index (χ3v) is 20.2. The number of aliphatic hydroxyl groups excluding tert-OH is 1. The largest absolute Gasteiger partial charge is 0.472 e. The summed E-state index contributed by atoms with van der Waals surface area (Å²) < 4.78 is 68.6. The van der Waals surface area contributed by atoms with Crippen LogP contribution in [0.25, 0.3) is 0 Å². The van der Waals surface area contributed by atoms with Gasteiger partial charge >= 0.3 is 39.5 Å². The SMILES string of the molecule is CCCCCCCCCCCCCCCCCCCCCCC(=O)O[C@H](COC(=O)CCCCCCCCCCCCC(C)C)COP(=O)(O)OC[C@@H](O)COP(=O)(O)OC[C@@H](COC(=O)CCCCCCCCCCCCCC)OC(=O)CCCCCCCCCCCCCC. The van der Waals surface area contributed by atoms with E-state index in [-0.39, 0.29) is 25.7 Å². The molecule has 0 aliphatic carbocycles. The maximum Gasteiger partial charge on any atom is 0.472 e. The van der Waals surface area contributed by atoms with Crippen molar-refractivity contribution in [1.29, 1.82) is 0 Å². The Morgan fingerprint density at radius 2 is 0.474 bits per heavy atom.